The van der Waals surface area contributed by atoms with E-state index in [1.807, 2.05) is 61.9 Å². The summed E-state index contributed by atoms with van der Waals surface area (Å²) in [4.78, 5) is 17.2. The highest BCUT2D eigenvalue weighted by Gasteiger charge is 2.20. The molecule has 3 aromatic heterocycles. The predicted molar refractivity (Wildman–Crippen MR) is 121 cm³/mol. The normalized spacial score (nSPS) is 12.3. The van der Waals surface area contributed by atoms with Gasteiger partial charge in [-0.3, -0.25) is 9.78 Å². The van der Waals surface area contributed by atoms with E-state index in [0.717, 1.165) is 28.4 Å². The van der Waals surface area contributed by atoms with Crippen molar-refractivity contribution in [3.05, 3.63) is 65.7 Å². The van der Waals surface area contributed by atoms with E-state index in [-0.39, 0.29) is 18.3 Å². The molecule has 162 valence electrons. The second-order valence-corrected chi connectivity index (χ2v) is 8.42. The lowest BCUT2D eigenvalue weighted by Crippen LogP contribution is -2.06. The first-order valence-corrected chi connectivity index (χ1v) is 11.1. The molecule has 0 amide bonds. The second kappa shape index (κ2) is 8.16. The Morgan fingerprint density at radius 3 is 2.78 bits per heavy atom. The lowest BCUT2D eigenvalue weighted by molar-refractivity contribution is 0.102. The number of pyridine rings is 1. The van der Waals surface area contributed by atoms with Gasteiger partial charge in [-0.1, -0.05) is 11.8 Å². The monoisotopic (exact) mass is 447 g/mol. The summed E-state index contributed by atoms with van der Waals surface area (Å²) < 4.78 is 14.8. The molecule has 0 saturated carbocycles. The maximum absolute atomic E-state index is 13.1. The molecule has 9 heteroatoms. The zero-order valence-electron chi connectivity index (χ0n) is 17.9. The van der Waals surface area contributed by atoms with Gasteiger partial charge in [0.25, 0.3) is 0 Å². The van der Waals surface area contributed by atoms with Gasteiger partial charge in [-0.2, -0.15) is 0 Å². The first-order valence-electron chi connectivity index (χ1n) is 10.1. The Labute approximate surface area is 189 Å². The smallest absolute Gasteiger partial charge is 0.231 e. The summed E-state index contributed by atoms with van der Waals surface area (Å²) in [5, 5.41) is 9.19. The topological polar surface area (TPSA) is 84.1 Å². The molecule has 4 heterocycles. The quantitative estimate of drug-likeness (QED) is 0.326. The molecular formula is C23H21N5O3S. The van der Waals surface area contributed by atoms with Crippen LogP contribution in [0.3, 0.4) is 0 Å². The fourth-order valence-corrected chi connectivity index (χ4v) is 4.66. The number of rotatable bonds is 6. The number of nitrogens with zero attached hydrogens (tertiary/aromatic N) is 5. The first kappa shape index (κ1) is 20.3. The molecule has 0 bridgehead atoms. The lowest BCUT2D eigenvalue weighted by Gasteiger charge is -2.10. The SMILES string of the molecule is Cc1cc(C(=O)CSc2nnc(-c3cccnc3)n2C)c(C)n1-c1ccc2c(c1)OCO2. The fourth-order valence-electron chi connectivity index (χ4n) is 3.86. The molecule has 0 radical (unpaired) electrons. The lowest BCUT2D eigenvalue weighted by atomic mass is 10.2. The van der Waals surface area contributed by atoms with Gasteiger partial charge in [0, 0.05) is 53.7 Å². The van der Waals surface area contributed by atoms with Gasteiger partial charge in [-0.15, -0.1) is 10.2 Å². The highest BCUT2D eigenvalue weighted by Crippen LogP contribution is 2.35. The van der Waals surface area contributed by atoms with E-state index in [1.54, 1.807) is 12.4 Å². The fraction of sp³-hybridized carbons (Fsp3) is 0.217. The van der Waals surface area contributed by atoms with Gasteiger partial charge < -0.3 is 18.6 Å². The van der Waals surface area contributed by atoms with E-state index < -0.39 is 0 Å². The number of carbonyl (C=O) groups is 1. The van der Waals surface area contributed by atoms with Gasteiger partial charge in [-0.05, 0) is 44.2 Å². The van der Waals surface area contributed by atoms with Gasteiger partial charge in [0.05, 0.1) is 5.75 Å². The van der Waals surface area contributed by atoms with Crippen molar-refractivity contribution >= 4 is 17.5 Å². The molecule has 0 aliphatic carbocycles. The number of hydrogen-bond donors (Lipinski definition) is 0. The average Bonchev–Trinajstić information content (AvgIpc) is 3.49. The van der Waals surface area contributed by atoms with Crippen LogP contribution in [-0.2, 0) is 7.05 Å². The molecule has 0 saturated heterocycles. The van der Waals surface area contributed by atoms with Crippen LogP contribution < -0.4 is 9.47 Å². The van der Waals surface area contributed by atoms with Crippen LogP contribution >= 0.6 is 11.8 Å². The van der Waals surface area contributed by atoms with Crippen molar-refractivity contribution in [1.82, 2.24) is 24.3 Å². The van der Waals surface area contributed by atoms with Crippen molar-refractivity contribution in [1.29, 1.82) is 0 Å². The molecule has 0 N–H and O–H groups in total. The van der Waals surface area contributed by atoms with Gasteiger partial charge >= 0.3 is 0 Å². The number of ketones is 1. The van der Waals surface area contributed by atoms with Gasteiger partial charge in [0.2, 0.25) is 6.79 Å². The number of carbonyl (C=O) groups excluding carboxylic acids is 1. The number of fused-ring (bicyclic) bond motifs is 1. The molecule has 5 rings (SSSR count). The third-order valence-corrected chi connectivity index (χ3v) is 6.45. The molecule has 1 aliphatic rings. The van der Waals surface area contributed by atoms with Crippen LogP contribution in [-0.4, -0.2) is 42.6 Å². The van der Waals surface area contributed by atoms with E-state index >= 15 is 0 Å². The number of hydrogen-bond acceptors (Lipinski definition) is 7. The van der Waals surface area contributed by atoms with Crippen molar-refractivity contribution in [2.75, 3.05) is 12.5 Å². The van der Waals surface area contributed by atoms with Crippen LogP contribution in [0.1, 0.15) is 21.7 Å². The molecule has 1 aliphatic heterocycles. The summed E-state index contributed by atoms with van der Waals surface area (Å²) in [7, 11) is 1.89. The number of thioether (sulfide) groups is 1. The van der Waals surface area contributed by atoms with Crippen LogP contribution in [0.15, 0.2) is 53.9 Å². The minimum absolute atomic E-state index is 0.0426. The molecule has 0 atom stereocenters. The first-order chi connectivity index (χ1) is 15.5. The molecule has 8 nitrogen and oxygen atoms in total. The average molecular weight is 448 g/mol. The van der Waals surface area contributed by atoms with Crippen LogP contribution in [0.4, 0.5) is 0 Å². The van der Waals surface area contributed by atoms with E-state index in [1.165, 1.54) is 11.8 Å². The van der Waals surface area contributed by atoms with Crippen molar-refractivity contribution in [2.45, 2.75) is 19.0 Å². The van der Waals surface area contributed by atoms with E-state index in [0.29, 0.717) is 22.3 Å². The third kappa shape index (κ3) is 3.54. The zero-order chi connectivity index (χ0) is 22.2. The van der Waals surface area contributed by atoms with Crippen LogP contribution in [0.25, 0.3) is 17.1 Å². The number of benzene rings is 1. The summed E-state index contributed by atoms with van der Waals surface area (Å²) in [5.74, 6) is 2.48. The van der Waals surface area contributed by atoms with E-state index in [4.69, 9.17) is 9.47 Å². The summed E-state index contributed by atoms with van der Waals surface area (Å²) in [6.07, 6.45) is 3.46. The van der Waals surface area contributed by atoms with Crippen LogP contribution in [0.5, 0.6) is 11.5 Å². The van der Waals surface area contributed by atoms with Crippen molar-refractivity contribution < 1.29 is 14.3 Å². The highest BCUT2D eigenvalue weighted by molar-refractivity contribution is 7.99. The van der Waals surface area contributed by atoms with Crippen LogP contribution in [0, 0.1) is 13.8 Å². The maximum Gasteiger partial charge on any atom is 0.231 e. The minimum atomic E-state index is 0.0426. The number of ether oxygens (including phenoxy) is 2. The zero-order valence-corrected chi connectivity index (χ0v) is 18.7. The molecule has 4 aromatic rings. The predicted octanol–water partition coefficient (Wildman–Crippen LogP) is 3.99. The van der Waals surface area contributed by atoms with Crippen molar-refractivity contribution in [3.8, 4) is 28.6 Å². The highest BCUT2D eigenvalue weighted by atomic mass is 32.2. The van der Waals surface area contributed by atoms with Crippen LogP contribution in [0.2, 0.25) is 0 Å². The Morgan fingerprint density at radius 2 is 1.97 bits per heavy atom. The summed E-state index contributed by atoms with van der Waals surface area (Å²) in [5.41, 5.74) is 4.38. The van der Waals surface area contributed by atoms with E-state index in [9.17, 15) is 4.79 Å². The number of aromatic nitrogens is 5. The molecular weight excluding hydrogens is 426 g/mol. The maximum atomic E-state index is 13.1. The Kier molecular flexibility index (Phi) is 5.18. The second-order valence-electron chi connectivity index (χ2n) is 7.48. The molecule has 0 fully saturated rings. The number of aryl methyl sites for hydroxylation is 1. The molecule has 0 spiro atoms. The standard InChI is InChI=1S/C23H21N5O3S/c1-14-9-18(15(2)28(14)17-6-7-20-21(10-17)31-13-30-20)19(29)12-32-23-26-25-22(27(23)3)16-5-4-8-24-11-16/h4-11H,12-13H2,1-3H3. The minimum Gasteiger partial charge on any atom is -0.454 e. The molecule has 0 unspecified atom stereocenters. The molecule has 1 aromatic carbocycles. The van der Waals surface area contributed by atoms with Gasteiger partial charge in [-0.25, -0.2) is 0 Å². The summed E-state index contributed by atoms with van der Waals surface area (Å²) >= 11 is 1.38. The Balaban J connectivity index is 1.35. The third-order valence-electron chi connectivity index (χ3n) is 5.43. The van der Waals surface area contributed by atoms with E-state index in [2.05, 4.69) is 19.7 Å². The number of Topliss-reactive ketones (excluding diaryl/α,β-unsaturated/α-hetero) is 1. The summed E-state index contributed by atoms with van der Waals surface area (Å²) in [6, 6.07) is 11.5. The Hall–Kier alpha value is -3.59. The Morgan fingerprint density at radius 1 is 1.12 bits per heavy atom. The van der Waals surface area contributed by atoms with Gasteiger partial charge in [0.15, 0.2) is 28.3 Å². The Bertz CT molecular complexity index is 1310. The van der Waals surface area contributed by atoms with Crippen molar-refractivity contribution in [2.24, 2.45) is 7.05 Å². The van der Waals surface area contributed by atoms with Crippen molar-refractivity contribution in [3.63, 3.8) is 0 Å². The largest absolute Gasteiger partial charge is 0.454 e. The summed E-state index contributed by atoms with van der Waals surface area (Å²) in [6.45, 7) is 4.18. The molecule has 32 heavy (non-hydrogen) atoms. The van der Waals surface area contributed by atoms with Gasteiger partial charge in [0.1, 0.15) is 0 Å².